The normalized spacial score (nSPS) is 10.6. The van der Waals surface area contributed by atoms with Crippen molar-refractivity contribution in [1.29, 1.82) is 0 Å². The van der Waals surface area contributed by atoms with Gasteiger partial charge < -0.3 is 32.8 Å². The number of benzene rings is 2. The number of ether oxygens (including phenoxy) is 6. The Morgan fingerprint density at radius 2 is 1.52 bits per heavy atom. The number of rotatable bonds is 9. The van der Waals surface area contributed by atoms with E-state index in [2.05, 4.69) is 0 Å². The van der Waals surface area contributed by atoms with Gasteiger partial charge in [0.2, 0.25) is 11.2 Å². The number of carbonyl (C=O) groups is 1. The fraction of sp³-hybridized carbons (Fsp3) is 0.333. The van der Waals surface area contributed by atoms with Crippen molar-refractivity contribution < 1.29 is 37.6 Å². The summed E-state index contributed by atoms with van der Waals surface area (Å²) < 4.78 is 38.2. The van der Waals surface area contributed by atoms with E-state index in [4.69, 9.17) is 32.8 Å². The van der Waals surface area contributed by atoms with Gasteiger partial charge in [0.1, 0.15) is 16.7 Å². The zero-order valence-electron chi connectivity index (χ0n) is 19.4. The summed E-state index contributed by atoms with van der Waals surface area (Å²) in [6, 6.07) is 6.59. The molecule has 0 radical (unpaired) electrons. The SMILES string of the molecule is CCOC(=O)Cc1c(-c2ccc(OC)c(OC)c2)oc2cc(OC)c(OC)c(OC)c2c1=O. The Balaban J connectivity index is 2.41. The van der Waals surface area contributed by atoms with Crippen LogP contribution < -0.4 is 29.1 Å². The summed E-state index contributed by atoms with van der Waals surface area (Å²) in [5, 5.41) is 0.124. The standard InChI is InChI=1S/C24H26O9/c1-7-32-19(25)11-14-21(26)20-17(12-18(29-4)23(30-5)24(20)31-6)33-22(14)13-8-9-15(27-2)16(10-13)28-3/h8-10,12H,7,11H2,1-6H3. The molecule has 0 aliphatic carbocycles. The molecule has 1 heterocycles. The van der Waals surface area contributed by atoms with Crippen LogP contribution in [0.25, 0.3) is 22.3 Å². The van der Waals surface area contributed by atoms with E-state index in [1.165, 1.54) is 41.6 Å². The molecular formula is C24H26O9. The minimum Gasteiger partial charge on any atom is -0.493 e. The zero-order chi connectivity index (χ0) is 24.1. The molecule has 0 N–H and O–H groups in total. The quantitative estimate of drug-likeness (QED) is 0.445. The summed E-state index contributed by atoms with van der Waals surface area (Å²) in [4.78, 5) is 26.0. The molecule has 0 fully saturated rings. The van der Waals surface area contributed by atoms with Crippen LogP contribution in [-0.4, -0.2) is 48.1 Å². The summed E-state index contributed by atoms with van der Waals surface area (Å²) in [5.41, 5.74) is 0.372. The molecule has 9 heteroatoms. The second kappa shape index (κ2) is 10.2. The fourth-order valence-electron chi connectivity index (χ4n) is 3.58. The van der Waals surface area contributed by atoms with Gasteiger partial charge in [0.25, 0.3) is 0 Å². The van der Waals surface area contributed by atoms with Crippen molar-refractivity contribution >= 4 is 16.9 Å². The Bertz CT molecular complexity index is 1230. The van der Waals surface area contributed by atoms with E-state index in [1.54, 1.807) is 25.1 Å². The van der Waals surface area contributed by atoms with Gasteiger partial charge >= 0.3 is 5.97 Å². The first-order chi connectivity index (χ1) is 15.9. The number of fused-ring (bicyclic) bond motifs is 1. The van der Waals surface area contributed by atoms with Gasteiger partial charge in [-0.2, -0.15) is 0 Å². The summed E-state index contributed by atoms with van der Waals surface area (Å²) in [5.74, 6) is 1.27. The molecule has 0 aliphatic rings. The molecule has 0 saturated heterocycles. The van der Waals surface area contributed by atoms with Gasteiger partial charge in [0.05, 0.1) is 54.1 Å². The first-order valence-corrected chi connectivity index (χ1v) is 10.1. The van der Waals surface area contributed by atoms with E-state index >= 15 is 0 Å². The topological polar surface area (TPSA) is 103 Å². The lowest BCUT2D eigenvalue weighted by Crippen LogP contribution is -2.18. The third-order valence-electron chi connectivity index (χ3n) is 5.05. The van der Waals surface area contributed by atoms with Gasteiger partial charge in [-0.05, 0) is 25.1 Å². The minimum absolute atomic E-state index is 0.110. The number of esters is 1. The van der Waals surface area contributed by atoms with Gasteiger partial charge in [-0.1, -0.05) is 0 Å². The highest BCUT2D eigenvalue weighted by Gasteiger charge is 2.26. The number of hydrogen-bond donors (Lipinski definition) is 0. The van der Waals surface area contributed by atoms with Crippen molar-refractivity contribution in [2.75, 3.05) is 42.2 Å². The maximum absolute atomic E-state index is 13.7. The smallest absolute Gasteiger partial charge is 0.310 e. The molecule has 0 aliphatic heterocycles. The van der Waals surface area contributed by atoms with Crippen molar-refractivity contribution in [3.8, 4) is 40.1 Å². The molecule has 0 saturated carbocycles. The van der Waals surface area contributed by atoms with Crippen molar-refractivity contribution in [3.05, 3.63) is 40.1 Å². The second-order valence-electron chi connectivity index (χ2n) is 6.81. The Hall–Kier alpha value is -3.88. The highest BCUT2D eigenvalue weighted by atomic mass is 16.5. The first kappa shape index (κ1) is 23.8. The Labute approximate surface area is 190 Å². The third kappa shape index (κ3) is 4.39. The monoisotopic (exact) mass is 458 g/mol. The van der Waals surface area contributed by atoms with Crippen LogP contribution in [0.4, 0.5) is 0 Å². The maximum atomic E-state index is 13.7. The van der Waals surface area contributed by atoms with Gasteiger partial charge in [-0.3, -0.25) is 9.59 Å². The average molecular weight is 458 g/mol. The van der Waals surface area contributed by atoms with E-state index in [0.29, 0.717) is 22.8 Å². The van der Waals surface area contributed by atoms with Crippen LogP contribution in [0.1, 0.15) is 12.5 Å². The lowest BCUT2D eigenvalue weighted by Gasteiger charge is -2.16. The van der Waals surface area contributed by atoms with E-state index in [9.17, 15) is 9.59 Å². The Morgan fingerprint density at radius 1 is 0.848 bits per heavy atom. The van der Waals surface area contributed by atoms with E-state index < -0.39 is 11.4 Å². The molecule has 0 atom stereocenters. The molecule has 3 aromatic rings. The molecule has 1 aromatic heterocycles. The highest BCUT2D eigenvalue weighted by molar-refractivity contribution is 5.92. The van der Waals surface area contributed by atoms with Crippen LogP contribution in [0, 0.1) is 0 Å². The number of methoxy groups -OCH3 is 5. The van der Waals surface area contributed by atoms with Crippen LogP contribution in [0.3, 0.4) is 0 Å². The first-order valence-electron chi connectivity index (χ1n) is 10.1. The molecule has 176 valence electrons. The molecule has 33 heavy (non-hydrogen) atoms. The summed E-state index contributed by atoms with van der Waals surface area (Å²) >= 11 is 0. The maximum Gasteiger partial charge on any atom is 0.310 e. The molecule has 0 spiro atoms. The summed E-state index contributed by atoms with van der Waals surface area (Å²) in [6.45, 7) is 1.87. The number of carbonyl (C=O) groups excluding carboxylic acids is 1. The molecule has 3 rings (SSSR count). The fourth-order valence-corrected chi connectivity index (χ4v) is 3.58. The van der Waals surface area contributed by atoms with Crippen LogP contribution >= 0.6 is 0 Å². The lowest BCUT2D eigenvalue weighted by molar-refractivity contribution is -0.142. The average Bonchev–Trinajstić information content (AvgIpc) is 2.83. The summed E-state index contributed by atoms with van der Waals surface area (Å²) in [6.07, 6.45) is -0.298. The van der Waals surface area contributed by atoms with Crippen LogP contribution in [0.2, 0.25) is 0 Å². The Kier molecular flexibility index (Phi) is 7.32. The van der Waals surface area contributed by atoms with Crippen molar-refractivity contribution in [3.63, 3.8) is 0 Å². The van der Waals surface area contributed by atoms with Crippen molar-refractivity contribution in [1.82, 2.24) is 0 Å². The zero-order valence-corrected chi connectivity index (χ0v) is 19.4. The molecule has 0 amide bonds. The molecule has 0 unspecified atom stereocenters. The van der Waals surface area contributed by atoms with Crippen LogP contribution in [-0.2, 0) is 16.0 Å². The van der Waals surface area contributed by atoms with Gasteiger partial charge in [0, 0.05) is 11.6 Å². The lowest BCUT2D eigenvalue weighted by atomic mass is 10.0. The Morgan fingerprint density at radius 3 is 2.09 bits per heavy atom. The van der Waals surface area contributed by atoms with Crippen molar-refractivity contribution in [2.24, 2.45) is 0 Å². The van der Waals surface area contributed by atoms with E-state index in [0.717, 1.165) is 0 Å². The molecule has 9 nitrogen and oxygen atoms in total. The molecular weight excluding hydrogens is 432 g/mol. The van der Waals surface area contributed by atoms with Gasteiger partial charge in [-0.15, -0.1) is 0 Å². The predicted octanol–water partition coefficient (Wildman–Crippen LogP) is 3.61. The van der Waals surface area contributed by atoms with Crippen molar-refractivity contribution in [2.45, 2.75) is 13.3 Å². The largest absolute Gasteiger partial charge is 0.493 e. The highest BCUT2D eigenvalue weighted by Crippen LogP contribution is 2.44. The molecule has 0 bridgehead atoms. The number of hydrogen-bond acceptors (Lipinski definition) is 9. The van der Waals surface area contributed by atoms with E-state index in [1.807, 2.05) is 0 Å². The van der Waals surface area contributed by atoms with Gasteiger partial charge in [0.15, 0.2) is 23.0 Å². The predicted molar refractivity (Wildman–Crippen MR) is 121 cm³/mol. The van der Waals surface area contributed by atoms with Gasteiger partial charge in [-0.25, -0.2) is 0 Å². The summed E-state index contributed by atoms with van der Waals surface area (Å²) in [7, 11) is 7.33. The van der Waals surface area contributed by atoms with E-state index in [-0.39, 0.29) is 46.8 Å². The molecule has 2 aromatic carbocycles. The van der Waals surface area contributed by atoms with Crippen LogP contribution in [0.15, 0.2) is 33.5 Å². The second-order valence-corrected chi connectivity index (χ2v) is 6.81. The minimum atomic E-state index is -0.565. The third-order valence-corrected chi connectivity index (χ3v) is 5.05. The van der Waals surface area contributed by atoms with Crippen LogP contribution in [0.5, 0.6) is 28.7 Å².